The smallest absolute Gasteiger partial charge is 0.269 e. The fourth-order valence-corrected chi connectivity index (χ4v) is 4.03. The second-order valence-corrected chi connectivity index (χ2v) is 8.20. The van der Waals surface area contributed by atoms with Crippen molar-refractivity contribution < 1.29 is 14.0 Å². The molecule has 1 aromatic heterocycles. The number of rotatable bonds is 3. The lowest BCUT2D eigenvalue weighted by Gasteiger charge is -2.13. The maximum atomic E-state index is 14.6. The van der Waals surface area contributed by atoms with Crippen molar-refractivity contribution in [2.45, 2.75) is 6.17 Å². The zero-order valence-corrected chi connectivity index (χ0v) is 18.1. The number of para-hydroxylation sites is 1. The van der Waals surface area contributed by atoms with Crippen LogP contribution in [0.15, 0.2) is 82.3 Å². The van der Waals surface area contributed by atoms with Crippen LogP contribution in [0, 0.1) is 5.82 Å². The highest BCUT2D eigenvalue weighted by molar-refractivity contribution is 9.10. The average Bonchev–Trinajstić information content (AvgIpc) is 3.15. The summed E-state index contributed by atoms with van der Waals surface area (Å²) in [4.78, 5) is 33.3. The molecule has 0 spiro atoms. The summed E-state index contributed by atoms with van der Waals surface area (Å²) in [5, 5.41) is 6.27. The highest BCUT2D eigenvalue weighted by atomic mass is 79.9. The SMILES string of the molecule is O=C(N[C@H]1N=C(c2ccccc2F)c2ccccc2NC1=O)c1cc2cc(Br)ccc2[nH]1. The number of anilines is 1. The number of carbonyl (C=O) groups is 2. The summed E-state index contributed by atoms with van der Waals surface area (Å²) in [6, 6.07) is 20.5. The fourth-order valence-electron chi connectivity index (χ4n) is 3.65. The molecule has 32 heavy (non-hydrogen) atoms. The Bertz CT molecular complexity index is 1410. The minimum Gasteiger partial charge on any atom is -0.351 e. The first-order valence-electron chi connectivity index (χ1n) is 9.82. The molecule has 8 heteroatoms. The molecule has 2 amide bonds. The van der Waals surface area contributed by atoms with Crippen LogP contribution in [0.2, 0.25) is 0 Å². The molecule has 4 aromatic rings. The monoisotopic (exact) mass is 490 g/mol. The van der Waals surface area contributed by atoms with Crippen LogP contribution >= 0.6 is 15.9 Å². The summed E-state index contributed by atoms with van der Waals surface area (Å²) >= 11 is 3.41. The number of hydrogen-bond acceptors (Lipinski definition) is 3. The number of nitrogens with one attached hydrogen (secondary N) is 3. The van der Waals surface area contributed by atoms with E-state index in [1.807, 2.05) is 18.2 Å². The van der Waals surface area contributed by atoms with Gasteiger partial charge in [-0.25, -0.2) is 9.38 Å². The predicted molar refractivity (Wildman–Crippen MR) is 124 cm³/mol. The summed E-state index contributed by atoms with van der Waals surface area (Å²) in [5.41, 5.74) is 2.65. The molecule has 1 aliphatic heterocycles. The Morgan fingerprint density at radius 3 is 2.56 bits per heavy atom. The van der Waals surface area contributed by atoms with Gasteiger partial charge < -0.3 is 15.6 Å². The third-order valence-electron chi connectivity index (χ3n) is 5.17. The van der Waals surface area contributed by atoms with E-state index in [2.05, 4.69) is 36.5 Å². The molecule has 3 aromatic carbocycles. The number of fused-ring (bicyclic) bond motifs is 2. The standard InChI is InChI=1S/C24H16BrFN4O2/c25-14-9-10-18-13(11-14)12-20(27-18)23(31)30-22-24(32)28-19-8-4-2-6-16(19)21(29-22)15-5-1-3-7-17(15)26/h1-12,22,27H,(H,28,32)(H,30,31)/t22-/m1/s1. The zero-order valence-electron chi connectivity index (χ0n) is 16.5. The molecular weight excluding hydrogens is 475 g/mol. The summed E-state index contributed by atoms with van der Waals surface area (Å²) in [6.07, 6.45) is -1.25. The number of aliphatic imine (C=N–C) groups is 1. The van der Waals surface area contributed by atoms with Gasteiger partial charge in [0.05, 0.1) is 11.4 Å². The molecule has 6 nitrogen and oxygen atoms in total. The van der Waals surface area contributed by atoms with Crippen LogP contribution in [0.1, 0.15) is 21.6 Å². The Labute approximate surface area is 190 Å². The maximum Gasteiger partial charge on any atom is 0.269 e. The Hall–Kier alpha value is -3.78. The number of benzene rings is 3. The van der Waals surface area contributed by atoms with Gasteiger partial charge in [-0.15, -0.1) is 0 Å². The van der Waals surface area contributed by atoms with Gasteiger partial charge >= 0.3 is 0 Å². The van der Waals surface area contributed by atoms with Gasteiger partial charge in [-0.2, -0.15) is 0 Å². The lowest BCUT2D eigenvalue weighted by Crippen LogP contribution is -2.42. The third-order valence-corrected chi connectivity index (χ3v) is 5.66. The molecule has 0 saturated heterocycles. The van der Waals surface area contributed by atoms with E-state index in [0.29, 0.717) is 11.3 Å². The Balaban J connectivity index is 1.54. The maximum absolute atomic E-state index is 14.6. The van der Waals surface area contributed by atoms with Crippen molar-refractivity contribution in [1.82, 2.24) is 10.3 Å². The average molecular weight is 491 g/mol. The number of halogens is 2. The van der Waals surface area contributed by atoms with Gasteiger partial charge in [0.25, 0.3) is 11.8 Å². The number of aromatic nitrogens is 1. The Morgan fingerprint density at radius 2 is 1.75 bits per heavy atom. The molecule has 1 aliphatic rings. The van der Waals surface area contributed by atoms with Crippen LogP contribution in [-0.4, -0.2) is 28.7 Å². The predicted octanol–water partition coefficient (Wildman–Crippen LogP) is 4.62. The lowest BCUT2D eigenvalue weighted by atomic mass is 10.0. The molecule has 5 rings (SSSR count). The van der Waals surface area contributed by atoms with Crippen LogP contribution in [0.3, 0.4) is 0 Å². The van der Waals surface area contributed by atoms with Crippen LogP contribution in [0.5, 0.6) is 0 Å². The van der Waals surface area contributed by atoms with Crippen molar-refractivity contribution in [2.24, 2.45) is 4.99 Å². The van der Waals surface area contributed by atoms with Gasteiger partial charge in [-0.3, -0.25) is 9.59 Å². The largest absolute Gasteiger partial charge is 0.351 e. The quantitative estimate of drug-likeness (QED) is 0.391. The van der Waals surface area contributed by atoms with Crippen molar-refractivity contribution in [3.63, 3.8) is 0 Å². The van der Waals surface area contributed by atoms with Crippen LogP contribution in [0.4, 0.5) is 10.1 Å². The van der Waals surface area contributed by atoms with E-state index < -0.39 is 23.8 Å². The summed E-state index contributed by atoms with van der Waals surface area (Å²) in [5.74, 6) is -1.49. The van der Waals surface area contributed by atoms with Gasteiger partial charge in [0.15, 0.2) is 0 Å². The van der Waals surface area contributed by atoms with Gasteiger partial charge in [0.1, 0.15) is 11.5 Å². The van der Waals surface area contributed by atoms with E-state index in [1.54, 1.807) is 48.5 Å². The second kappa shape index (κ2) is 8.05. The van der Waals surface area contributed by atoms with Gasteiger partial charge in [-0.05, 0) is 42.5 Å². The molecule has 158 valence electrons. The minimum absolute atomic E-state index is 0.242. The number of H-pyrrole nitrogens is 1. The lowest BCUT2D eigenvalue weighted by molar-refractivity contribution is -0.117. The van der Waals surface area contributed by atoms with Gasteiger partial charge in [0, 0.05) is 26.5 Å². The second-order valence-electron chi connectivity index (χ2n) is 7.28. The van der Waals surface area contributed by atoms with E-state index in [0.717, 1.165) is 15.4 Å². The van der Waals surface area contributed by atoms with Gasteiger partial charge in [-0.1, -0.05) is 46.3 Å². The number of aromatic amines is 1. The molecule has 0 aliphatic carbocycles. The molecule has 0 radical (unpaired) electrons. The fraction of sp³-hybridized carbons (Fsp3) is 0.0417. The Morgan fingerprint density at radius 1 is 1.00 bits per heavy atom. The van der Waals surface area contributed by atoms with Crippen molar-refractivity contribution in [3.05, 3.63) is 99.9 Å². The molecule has 1 atom stereocenters. The molecule has 3 N–H and O–H groups in total. The number of hydrogen-bond donors (Lipinski definition) is 3. The van der Waals surface area contributed by atoms with E-state index in [-0.39, 0.29) is 17.0 Å². The highest BCUT2D eigenvalue weighted by Crippen LogP contribution is 2.25. The number of carbonyl (C=O) groups excluding carboxylic acids is 2. The highest BCUT2D eigenvalue weighted by Gasteiger charge is 2.28. The van der Waals surface area contributed by atoms with E-state index >= 15 is 0 Å². The first-order chi connectivity index (χ1) is 15.5. The normalized spacial score (nSPS) is 15.5. The molecule has 2 heterocycles. The van der Waals surface area contributed by atoms with Crippen LogP contribution < -0.4 is 10.6 Å². The van der Waals surface area contributed by atoms with Crippen molar-refractivity contribution >= 4 is 50.0 Å². The van der Waals surface area contributed by atoms with Crippen molar-refractivity contribution in [1.29, 1.82) is 0 Å². The summed E-state index contributed by atoms with van der Waals surface area (Å²) < 4.78 is 15.5. The summed E-state index contributed by atoms with van der Waals surface area (Å²) in [7, 11) is 0. The molecule has 0 unspecified atom stereocenters. The van der Waals surface area contributed by atoms with Gasteiger partial charge in [0.2, 0.25) is 6.17 Å². The molecule has 0 saturated carbocycles. The number of nitrogens with zero attached hydrogens (tertiary/aromatic N) is 1. The van der Waals surface area contributed by atoms with Crippen LogP contribution in [-0.2, 0) is 4.79 Å². The number of amides is 2. The van der Waals surface area contributed by atoms with Crippen LogP contribution in [0.25, 0.3) is 10.9 Å². The van der Waals surface area contributed by atoms with Crippen molar-refractivity contribution in [3.8, 4) is 0 Å². The van der Waals surface area contributed by atoms with E-state index in [4.69, 9.17) is 0 Å². The third kappa shape index (κ3) is 3.69. The zero-order chi connectivity index (χ0) is 22.2. The molecule has 0 bridgehead atoms. The Kier molecular flexibility index (Phi) is 5.07. The first-order valence-corrected chi connectivity index (χ1v) is 10.6. The molecule has 0 fully saturated rings. The summed E-state index contributed by atoms with van der Waals surface area (Å²) in [6.45, 7) is 0. The minimum atomic E-state index is -1.25. The topological polar surface area (TPSA) is 86.3 Å². The first kappa shape index (κ1) is 20.1. The van der Waals surface area contributed by atoms with E-state index in [1.165, 1.54) is 6.07 Å². The van der Waals surface area contributed by atoms with Crippen molar-refractivity contribution in [2.75, 3.05) is 5.32 Å². The number of benzodiazepines with no additional fused rings is 1. The van der Waals surface area contributed by atoms with E-state index in [9.17, 15) is 14.0 Å². The molecular formula is C24H16BrFN4O2.